The molecular formula is C25H22N2O4S2. The van der Waals surface area contributed by atoms with Gasteiger partial charge in [0.05, 0.1) is 21.1 Å². The largest absolute Gasteiger partial charge is 0.456 e. The second kappa shape index (κ2) is 9.72. The highest BCUT2D eigenvalue weighted by molar-refractivity contribution is 8.27. The molecule has 0 unspecified atom stereocenters. The molecule has 2 heterocycles. The topological polar surface area (TPSA) is 76.6 Å². The molecule has 6 nitrogen and oxygen atoms in total. The fourth-order valence-corrected chi connectivity index (χ4v) is 4.87. The quantitative estimate of drug-likeness (QED) is 0.159. The molecule has 0 radical (unpaired) electrons. The number of rotatable bonds is 7. The minimum atomic E-state index is -0.427. The SMILES string of the molecule is CCCCc1ccc(N2C(=O)/C(=C\c3ccc(-c4ccc(C)cc4[N+](=O)[O-])o3)SC2=S)cc1. The standard InChI is InChI=1S/C25H22N2O4S2/c1-3-4-5-17-7-9-18(10-8-17)26-24(28)23(33-25(26)32)15-19-11-13-22(31-19)20-12-6-16(2)14-21(20)27(29)30/h6-15H,3-5H2,1-2H3/b23-15+. The zero-order chi connectivity index (χ0) is 23.5. The number of carbonyl (C=O) groups excluding carboxylic acids is 1. The number of anilines is 1. The molecule has 1 amide bonds. The van der Waals surface area contributed by atoms with Gasteiger partial charge in [0, 0.05) is 12.1 Å². The van der Waals surface area contributed by atoms with Crippen molar-refractivity contribution in [3.63, 3.8) is 0 Å². The summed E-state index contributed by atoms with van der Waals surface area (Å²) >= 11 is 6.66. The zero-order valence-corrected chi connectivity index (χ0v) is 19.9. The Hall–Kier alpha value is -3.23. The summed E-state index contributed by atoms with van der Waals surface area (Å²) in [4.78, 5) is 26.0. The summed E-state index contributed by atoms with van der Waals surface area (Å²) in [7, 11) is 0. The van der Waals surface area contributed by atoms with E-state index in [0.29, 0.717) is 26.3 Å². The predicted molar refractivity (Wildman–Crippen MR) is 136 cm³/mol. The van der Waals surface area contributed by atoms with Crippen molar-refractivity contribution in [3.05, 3.63) is 86.5 Å². The number of nitrogens with zero attached hydrogens (tertiary/aromatic N) is 2. The van der Waals surface area contributed by atoms with E-state index >= 15 is 0 Å². The van der Waals surface area contributed by atoms with Gasteiger partial charge >= 0.3 is 0 Å². The summed E-state index contributed by atoms with van der Waals surface area (Å²) in [6.07, 6.45) is 4.89. The fraction of sp³-hybridized carbons (Fsp3) is 0.200. The number of nitro groups is 1. The summed E-state index contributed by atoms with van der Waals surface area (Å²) in [6, 6.07) is 16.2. The van der Waals surface area contributed by atoms with Crippen LogP contribution >= 0.6 is 24.0 Å². The fourth-order valence-electron chi connectivity index (χ4n) is 3.59. The number of thiocarbonyl (C=S) groups is 1. The molecule has 0 saturated carbocycles. The number of nitro benzene ring substituents is 1. The molecule has 3 aromatic rings. The van der Waals surface area contributed by atoms with Crippen LogP contribution in [0.4, 0.5) is 11.4 Å². The van der Waals surface area contributed by atoms with Crippen molar-refractivity contribution in [1.82, 2.24) is 0 Å². The third kappa shape index (κ3) is 4.91. The van der Waals surface area contributed by atoms with E-state index in [-0.39, 0.29) is 11.6 Å². The molecule has 1 saturated heterocycles. The van der Waals surface area contributed by atoms with Gasteiger partial charge < -0.3 is 4.42 Å². The van der Waals surface area contributed by atoms with Crippen LogP contribution in [-0.4, -0.2) is 15.2 Å². The number of aryl methyl sites for hydroxylation is 2. The predicted octanol–water partition coefficient (Wildman–Crippen LogP) is 6.91. The Morgan fingerprint density at radius 3 is 2.61 bits per heavy atom. The molecule has 1 aliphatic rings. The van der Waals surface area contributed by atoms with E-state index in [1.807, 2.05) is 24.3 Å². The molecule has 0 N–H and O–H groups in total. The van der Waals surface area contributed by atoms with Gasteiger partial charge in [-0.05, 0) is 61.2 Å². The second-order valence-electron chi connectivity index (χ2n) is 7.77. The minimum absolute atomic E-state index is 0.0235. The smallest absolute Gasteiger partial charge is 0.280 e. The highest BCUT2D eigenvalue weighted by Crippen LogP contribution is 2.37. The van der Waals surface area contributed by atoms with Crippen molar-refractivity contribution in [2.24, 2.45) is 0 Å². The molecule has 4 rings (SSSR count). The average Bonchev–Trinajstić information content (AvgIpc) is 3.37. The third-order valence-corrected chi connectivity index (χ3v) is 6.62. The molecular weight excluding hydrogens is 456 g/mol. The number of benzene rings is 2. The second-order valence-corrected chi connectivity index (χ2v) is 9.44. The number of unbranched alkanes of at least 4 members (excludes halogenated alkanes) is 1. The maximum Gasteiger partial charge on any atom is 0.280 e. The van der Waals surface area contributed by atoms with Gasteiger partial charge in [-0.25, -0.2) is 0 Å². The number of furan rings is 1. The Kier molecular flexibility index (Phi) is 6.76. The van der Waals surface area contributed by atoms with Gasteiger partial charge in [0.1, 0.15) is 11.5 Å². The van der Waals surface area contributed by atoms with Crippen LogP contribution in [0.2, 0.25) is 0 Å². The Morgan fingerprint density at radius 1 is 1.15 bits per heavy atom. The maximum absolute atomic E-state index is 13.1. The van der Waals surface area contributed by atoms with Gasteiger partial charge in [-0.1, -0.05) is 55.5 Å². The van der Waals surface area contributed by atoms with Crippen LogP contribution in [0.15, 0.2) is 63.9 Å². The van der Waals surface area contributed by atoms with Crippen LogP contribution in [0.3, 0.4) is 0 Å². The van der Waals surface area contributed by atoms with Gasteiger partial charge in [0.2, 0.25) is 0 Å². The normalized spacial score (nSPS) is 15.0. The highest BCUT2D eigenvalue weighted by atomic mass is 32.2. The van der Waals surface area contributed by atoms with Crippen molar-refractivity contribution in [2.45, 2.75) is 33.1 Å². The van der Waals surface area contributed by atoms with Crippen molar-refractivity contribution in [3.8, 4) is 11.3 Å². The maximum atomic E-state index is 13.1. The Labute approximate surface area is 201 Å². The number of amides is 1. The zero-order valence-electron chi connectivity index (χ0n) is 18.2. The molecule has 1 fully saturated rings. The Morgan fingerprint density at radius 2 is 1.91 bits per heavy atom. The van der Waals surface area contributed by atoms with Gasteiger partial charge in [0.25, 0.3) is 11.6 Å². The first-order chi connectivity index (χ1) is 15.9. The lowest BCUT2D eigenvalue weighted by molar-refractivity contribution is -0.384. The van der Waals surface area contributed by atoms with E-state index in [9.17, 15) is 14.9 Å². The molecule has 2 aromatic carbocycles. The van der Waals surface area contributed by atoms with E-state index in [0.717, 1.165) is 30.5 Å². The molecule has 1 aliphatic heterocycles. The lowest BCUT2D eigenvalue weighted by Crippen LogP contribution is -2.27. The molecule has 1 aromatic heterocycles. The van der Waals surface area contributed by atoms with Crippen LogP contribution < -0.4 is 4.90 Å². The highest BCUT2D eigenvalue weighted by Gasteiger charge is 2.33. The third-order valence-electron chi connectivity index (χ3n) is 5.32. The lowest BCUT2D eigenvalue weighted by Gasteiger charge is -2.15. The Bertz CT molecular complexity index is 1260. The van der Waals surface area contributed by atoms with E-state index in [1.54, 1.807) is 37.3 Å². The monoisotopic (exact) mass is 478 g/mol. The van der Waals surface area contributed by atoms with Crippen LogP contribution in [0.25, 0.3) is 17.4 Å². The lowest BCUT2D eigenvalue weighted by atomic mass is 10.1. The first-order valence-corrected chi connectivity index (χ1v) is 11.8. The summed E-state index contributed by atoms with van der Waals surface area (Å²) < 4.78 is 6.28. The van der Waals surface area contributed by atoms with E-state index in [4.69, 9.17) is 16.6 Å². The van der Waals surface area contributed by atoms with Gasteiger partial charge in [-0.15, -0.1) is 0 Å². The van der Waals surface area contributed by atoms with Gasteiger partial charge in [-0.3, -0.25) is 19.8 Å². The Balaban J connectivity index is 1.57. The van der Waals surface area contributed by atoms with E-state index in [2.05, 4.69) is 6.92 Å². The van der Waals surface area contributed by atoms with Crippen molar-refractivity contribution < 1.29 is 14.1 Å². The minimum Gasteiger partial charge on any atom is -0.456 e. The van der Waals surface area contributed by atoms with Crippen LogP contribution in [0.5, 0.6) is 0 Å². The number of hydrogen-bond donors (Lipinski definition) is 0. The number of thioether (sulfide) groups is 1. The molecule has 33 heavy (non-hydrogen) atoms. The first kappa shape index (κ1) is 22.9. The van der Waals surface area contributed by atoms with Gasteiger partial charge in [-0.2, -0.15) is 0 Å². The summed E-state index contributed by atoms with van der Waals surface area (Å²) in [6.45, 7) is 3.95. The molecule has 0 atom stereocenters. The van der Waals surface area contributed by atoms with Gasteiger partial charge in [0.15, 0.2) is 4.32 Å². The van der Waals surface area contributed by atoms with E-state index in [1.165, 1.54) is 28.3 Å². The summed E-state index contributed by atoms with van der Waals surface area (Å²) in [5, 5.41) is 11.4. The summed E-state index contributed by atoms with van der Waals surface area (Å²) in [5.41, 5.74) is 3.12. The molecule has 8 heteroatoms. The molecule has 0 bridgehead atoms. The van der Waals surface area contributed by atoms with Crippen LogP contribution in [-0.2, 0) is 11.2 Å². The van der Waals surface area contributed by atoms with Crippen molar-refractivity contribution in [1.29, 1.82) is 0 Å². The average molecular weight is 479 g/mol. The molecule has 0 spiro atoms. The van der Waals surface area contributed by atoms with E-state index < -0.39 is 4.92 Å². The molecule has 0 aliphatic carbocycles. The van der Waals surface area contributed by atoms with Crippen LogP contribution in [0, 0.1) is 17.0 Å². The first-order valence-electron chi connectivity index (χ1n) is 10.6. The van der Waals surface area contributed by atoms with Crippen molar-refractivity contribution >= 4 is 51.7 Å². The number of hydrogen-bond acceptors (Lipinski definition) is 6. The summed E-state index contributed by atoms with van der Waals surface area (Å²) in [5.74, 6) is 0.576. The molecule has 168 valence electrons. The number of carbonyl (C=O) groups is 1. The van der Waals surface area contributed by atoms with Crippen LogP contribution in [0.1, 0.15) is 36.7 Å². The van der Waals surface area contributed by atoms with Crippen molar-refractivity contribution in [2.75, 3.05) is 4.90 Å².